The normalized spacial score (nSPS) is 16.1. The Morgan fingerprint density at radius 1 is 1.50 bits per heavy atom. The van der Waals surface area contributed by atoms with E-state index in [1.54, 1.807) is 0 Å². The van der Waals surface area contributed by atoms with Gasteiger partial charge in [0.1, 0.15) is 10.5 Å². The Kier molecular flexibility index (Phi) is 2.84. The monoisotopic (exact) mass is 133 g/mol. The molecule has 0 aliphatic rings. The van der Waals surface area contributed by atoms with Gasteiger partial charge in [-0.25, -0.2) is 0 Å². The van der Waals surface area contributed by atoms with Crippen molar-refractivity contribution < 1.29 is 4.55 Å². The molecular weight excluding hydrogens is 120 g/mol. The second-order valence-electron chi connectivity index (χ2n) is 2.66. The summed E-state index contributed by atoms with van der Waals surface area (Å²) in [6, 6.07) is 0. The summed E-state index contributed by atoms with van der Waals surface area (Å²) in [5.41, 5.74) is 0. The zero-order valence-corrected chi connectivity index (χ0v) is 6.55. The summed E-state index contributed by atoms with van der Waals surface area (Å²) in [4.78, 5) is 0. The molecule has 0 aromatic carbocycles. The summed E-state index contributed by atoms with van der Waals surface area (Å²) in [7, 11) is 0. The van der Waals surface area contributed by atoms with Crippen molar-refractivity contribution in [2.24, 2.45) is 0 Å². The van der Waals surface area contributed by atoms with Gasteiger partial charge in [-0.15, -0.1) is 0 Å². The lowest BCUT2D eigenvalue weighted by atomic mass is 10.3. The molecule has 0 amide bonds. The fourth-order valence-corrected chi connectivity index (χ4v) is 0.919. The zero-order valence-electron chi connectivity index (χ0n) is 5.73. The maximum absolute atomic E-state index is 10.9. The van der Waals surface area contributed by atoms with Gasteiger partial charge in [0.15, 0.2) is 0 Å². The predicted octanol–water partition coefficient (Wildman–Crippen LogP) is 1.37. The lowest BCUT2D eigenvalue weighted by Crippen LogP contribution is -2.29. The Morgan fingerprint density at radius 2 is 1.88 bits per heavy atom. The minimum atomic E-state index is -0.755. The topological polar surface area (TPSA) is 23.1 Å². The number of hydrogen-bond acceptors (Lipinski definition) is 1. The Morgan fingerprint density at radius 3 is 1.88 bits per heavy atom. The molecular formula is C6H13OS. The SMILES string of the molecule is [CH2]C[S@@+]([O-])C(C)(C)C. The molecule has 8 heavy (non-hydrogen) atoms. The molecule has 0 N–H and O–H groups in total. The summed E-state index contributed by atoms with van der Waals surface area (Å²) in [5.74, 6) is 0.517. The van der Waals surface area contributed by atoms with Crippen LogP contribution in [0.3, 0.4) is 0 Å². The molecule has 1 nitrogen and oxygen atoms in total. The Bertz CT molecular complexity index is 65.4. The first-order chi connectivity index (χ1) is 3.48. The van der Waals surface area contributed by atoms with Crippen molar-refractivity contribution in [3.63, 3.8) is 0 Å². The van der Waals surface area contributed by atoms with E-state index in [-0.39, 0.29) is 4.75 Å². The minimum Gasteiger partial charge on any atom is -0.616 e. The van der Waals surface area contributed by atoms with E-state index in [9.17, 15) is 4.55 Å². The van der Waals surface area contributed by atoms with Crippen LogP contribution >= 0.6 is 0 Å². The summed E-state index contributed by atoms with van der Waals surface area (Å²) >= 11 is -0.755. The van der Waals surface area contributed by atoms with Gasteiger partial charge in [0.05, 0.1) is 0 Å². The van der Waals surface area contributed by atoms with Gasteiger partial charge < -0.3 is 4.55 Å². The van der Waals surface area contributed by atoms with Crippen molar-refractivity contribution in [2.75, 3.05) is 5.75 Å². The van der Waals surface area contributed by atoms with Crippen LogP contribution in [0.1, 0.15) is 20.8 Å². The molecule has 0 unspecified atom stereocenters. The van der Waals surface area contributed by atoms with Crippen LogP contribution in [0.4, 0.5) is 0 Å². The van der Waals surface area contributed by atoms with Gasteiger partial charge in [-0.1, -0.05) is 0 Å². The molecule has 0 fully saturated rings. The van der Waals surface area contributed by atoms with Crippen LogP contribution in [-0.4, -0.2) is 15.1 Å². The summed E-state index contributed by atoms with van der Waals surface area (Å²) in [6.07, 6.45) is 0. The van der Waals surface area contributed by atoms with Gasteiger partial charge in [0.2, 0.25) is 0 Å². The predicted molar refractivity (Wildman–Crippen MR) is 38.1 cm³/mol. The lowest BCUT2D eigenvalue weighted by molar-refractivity contribution is 0.562. The van der Waals surface area contributed by atoms with E-state index in [0.29, 0.717) is 5.75 Å². The Hall–Kier alpha value is 0.310. The molecule has 0 bridgehead atoms. The van der Waals surface area contributed by atoms with Crippen LogP contribution in [0.25, 0.3) is 0 Å². The standard InChI is InChI=1S/C6H13OS/c1-5-8(7)6(2,3)4/h1,5H2,2-4H3/t8-/m1/s1. The molecule has 0 aliphatic heterocycles. The third-order valence-electron chi connectivity index (χ3n) is 0.868. The highest BCUT2D eigenvalue weighted by Gasteiger charge is 2.22. The largest absolute Gasteiger partial charge is 0.616 e. The minimum absolute atomic E-state index is 0.0816. The lowest BCUT2D eigenvalue weighted by Gasteiger charge is -2.22. The zero-order chi connectivity index (χ0) is 6.78. The molecule has 49 valence electrons. The van der Waals surface area contributed by atoms with Gasteiger partial charge in [0, 0.05) is 0 Å². The van der Waals surface area contributed by atoms with Crippen molar-refractivity contribution >= 4 is 11.2 Å². The summed E-state index contributed by atoms with van der Waals surface area (Å²) in [6.45, 7) is 9.41. The highest BCUT2D eigenvalue weighted by Crippen LogP contribution is 2.14. The Labute approximate surface area is 54.7 Å². The van der Waals surface area contributed by atoms with E-state index in [0.717, 1.165) is 0 Å². The smallest absolute Gasteiger partial charge is 0.117 e. The first kappa shape index (κ1) is 8.31. The molecule has 0 aliphatic carbocycles. The van der Waals surface area contributed by atoms with E-state index in [2.05, 4.69) is 6.92 Å². The summed E-state index contributed by atoms with van der Waals surface area (Å²) in [5, 5.41) is 0. The molecule has 0 rings (SSSR count). The molecule has 0 saturated carbocycles. The Balaban J connectivity index is 3.62. The van der Waals surface area contributed by atoms with Gasteiger partial charge in [-0.3, -0.25) is 0 Å². The van der Waals surface area contributed by atoms with Gasteiger partial charge in [-0.2, -0.15) is 0 Å². The van der Waals surface area contributed by atoms with Crippen molar-refractivity contribution in [3.8, 4) is 0 Å². The molecule has 0 heterocycles. The van der Waals surface area contributed by atoms with E-state index in [1.165, 1.54) is 0 Å². The molecule has 0 aromatic rings. The van der Waals surface area contributed by atoms with Gasteiger partial charge in [-0.05, 0) is 38.9 Å². The quantitative estimate of drug-likeness (QED) is 0.495. The maximum atomic E-state index is 10.9. The van der Waals surface area contributed by atoms with Crippen molar-refractivity contribution in [2.45, 2.75) is 25.5 Å². The molecule has 2 heteroatoms. The average molecular weight is 133 g/mol. The van der Waals surface area contributed by atoms with E-state index >= 15 is 0 Å². The fourth-order valence-electron chi connectivity index (χ4n) is 0.306. The third kappa shape index (κ3) is 2.58. The van der Waals surface area contributed by atoms with E-state index in [4.69, 9.17) is 0 Å². The first-order valence-corrected chi connectivity index (χ1v) is 3.98. The second-order valence-corrected chi connectivity index (χ2v) is 4.99. The van der Waals surface area contributed by atoms with E-state index in [1.807, 2.05) is 20.8 Å². The molecule has 1 radical (unpaired) electrons. The van der Waals surface area contributed by atoms with Crippen LogP contribution in [0, 0.1) is 6.92 Å². The second kappa shape index (κ2) is 2.74. The van der Waals surface area contributed by atoms with Crippen LogP contribution in [-0.2, 0) is 11.2 Å². The third-order valence-corrected chi connectivity index (χ3v) is 2.61. The molecule has 0 spiro atoms. The van der Waals surface area contributed by atoms with Crippen molar-refractivity contribution in [1.82, 2.24) is 0 Å². The summed E-state index contributed by atoms with van der Waals surface area (Å²) < 4.78 is 10.8. The van der Waals surface area contributed by atoms with Gasteiger partial charge in [0.25, 0.3) is 0 Å². The van der Waals surface area contributed by atoms with Crippen LogP contribution in [0.2, 0.25) is 0 Å². The van der Waals surface area contributed by atoms with Crippen LogP contribution in [0.15, 0.2) is 0 Å². The highest BCUT2D eigenvalue weighted by atomic mass is 32.2. The van der Waals surface area contributed by atoms with E-state index < -0.39 is 11.2 Å². The molecule has 0 saturated heterocycles. The maximum Gasteiger partial charge on any atom is 0.117 e. The fraction of sp³-hybridized carbons (Fsp3) is 0.833. The van der Waals surface area contributed by atoms with Crippen molar-refractivity contribution in [1.29, 1.82) is 0 Å². The first-order valence-electron chi connectivity index (χ1n) is 2.66. The number of rotatable bonds is 1. The highest BCUT2D eigenvalue weighted by molar-refractivity contribution is 7.92. The number of hydrogen-bond donors (Lipinski definition) is 0. The molecule has 0 aromatic heterocycles. The van der Waals surface area contributed by atoms with Crippen molar-refractivity contribution in [3.05, 3.63) is 6.92 Å². The molecule has 1 atom stereocenters. The average Bonchev–Trinajstić information content (AvgIpc) is 1.62. The van der Waals surface area contributed by atoms with Crippen LogP contribution in [0.5, 0.6) is 0 Å². The van der Waals surface area contributed by atoms with Crippen LogP contribution < -0.4 is 0 Å². The van der Waals surface area contributed by atoms with Gasteiger partial charge >= 0.3 is 0 Å².